The lowest BCUT2D eigenvalue weighted by molar-refractivity contribution is 0.0391. The zero-order valence-electron chi connectivity index (χ0n) is 17.8. The largest absolute Gasteiger partial charge is 0.379 e. The summed E-state index contributed by atoms with van der Waals surface area (Å²) in [6.07, 6.45) is 0. The number of thiazole rings is 1. The summed E-state index contributed by atoms with van der Waals surface area (Å²) in [5.41, 5.74) is 2.60. The van der Waals surface area contributed by atoms with E-state index >= 15 is 0 Å². The number of carbonyl (C=O) groups is 1. The van der Waals surface area contributed by atoms with Gasteiger partial charge < -0.3 is 4.74 Å². The van der Waals surface area contributed by atoms with E-state index in [0.29, 0.717) is 22.3 Å². The highest BCUT2D eigenvalue weighted by molar-refractivity contribution is 7.99. The Morgan fingerprint density at radius 1 is 1.23 bits per heavy atom. The molecule has 3 aromatic rings. The lowest BCUT2D eigenvalue weighted by atomic mass is 10.2. The Labute approximate surface area is 196 Å². The second-order valence-electron chi connectivity index (χ2n) is 7.41. The zero-order valence-corrected chi connectivity index (χ0v) is 20.2. The molecule has 4 rings (SSSR count). The quantitative estimate of drug-likeness (QED) is 0.431. The van der Waals surface area contributed by atoms with Crippen LogP contribution < -0.4 is 4.90 Å². The first-order valence-corrected chi connectivity index (χ1v) is 12.7. The van der Waals surface area contributed by atoms with Crippen LogP contribution in [-0.4, -0.2) is 60.9 Å². The Hall–Kier alpha value is -1.64. The molecule has 0 unspecified atom stereocenters. The normalized spacial score (nSPS) is 14.8. The van der Waals surface area contributed by atoms with Gasteiger partial charge in [0, 0.05) is 36.6 Å². The molecule has 1 saturated heterocycles. The Kier molecular flexibility index (Phi) is 7.51. The Morgan fingerprint density at radius 3 is 2.65 bits per heavy atom. The number of morpholine rings is 1. The van der Waals surface area contributed by atoms with Gasteiger partial charge in [0.2, 0.25) is 0 Å². The number of nitrogens with zero attached hydrogens (tertiary/aromatic N) is 3. The summed E-state index contributed by atoms with van der Waals surface area (Å²) in [5.74, 6) is 0.972. The lowest BCUT2D eigenvalue weighted by Gasteiger charge is -2.29. The molecule has 31 heavy (non-hydrogen) atoms. The Bertz CT molecular complexity index is 1010. The van der Waals surface area contributed by atoms with E-state index in [1.54, 1.807) is 16.7 Å². The van der Waals surface area contributed by atoms with Gasteiger partial charge in [-0.05, 0) is 48.6 Å². The molecule has 0 aliphatic carbocycles. The van der Waals surface area contributed by atoms with Gasteiger partial charge in [-0.1, -0.05) is 35.9 Å². The van der Waals surface area contributed by atoms with E-state index in [0.717, 1.165) is 54.4 Å². The van der Waals surface area contributed by atoms with Crippen LogP contribution in [0.25, 0.3) is 10.2 Å². The highest BCUT2D eigenvalue weighted by Gasteiger charge is 2.24. The highest BCUT2D eigenvalue weighted by Crippen LogP contribution is 2.36. The molecular formula is C23H26ClN3O2S2. The molecule has 0 N–H and O–H groups in total. The van der Waals surface area contributed by atoms with Gasteiger partial charge >= 0.3 is 0 Å². The smallest absolute Gasteiger partial charge is 0.260 e. The van der Waals surface area contributed by atoms with E-state index in [1.165, 1.54) is 16.2 Å². The third-order valence-corrected chi connectivity index (χ3v) is 7.75. The number of benzene rings is 2. The number of rotatable bonds is 7. The van der Waals surface area contributed by atoms with Crippen molar-refractivity contribution in [2.45, 2.75) is 18.7 Å². The van der Waals surface area contributed by atoms with E-state index in [4.69, 9.17) is 21.3 Å². The van der Waals surface area contributed by atoms with E-state index in [2.05, 4.69) is 11.8 Å². The number of fused-ring (bicyclic) bond motifs is 1. The van der Waals surface area contributed by atoms with Gasteiger partial charge in [-0.15, -0.1) is 11.8 Å². The number of halogens is 1. The van der Waals surface area contributed by atoms with Crippen LogP contribution >= 0.6 is 34.7 Å². The molecule has 8 heteroatoms. The Balaban J connectivity index is 1.64. The van der Waals surface area contributed by atoms with Crippen LogP contribution in [0.2, 0.25) is 5.02 Å². The summed E-state index contributed by atoms with van der Waals surface area (Å²) < 4.78 is 6.38. The second kappa shape index (κ2) is 10.3. The number of hydrogen-bond acceptors (Lipinski definition) is 6. The number of anilines is 1. The number of hydrogen-bond donors (Lipinski definition) is 0. The van der Waals surface area contributed by atoms with Crippen LogP contribution in [0.5, 0.6) is 0 Å². The fraction of sp³-hybridized carbons (Fsp3) is 0.391. The fourth-order valence-electron chi connectivity index (χ4n) is 3.57. The molecule has 1 amide bonds. The SMILES string of the molecule is CCSc1ccc(C(=O)N(CCN2CCOCC2)c2nc3c(C)ccc(Cl)c3s2)cc1. The van der Waals surface area contributed by atoms with Crippen molar-refractivity contribution >= 4 is 56.0 Å². The maximum absolute atomic E-state index is 13.5. The third-order valence-electron chi connectivity index (χ3n) is 5.32. The van der Waals surface area contributed by atoms with E-state index in [9.17, 15) is 4.79 Å². The molecule has 5 nitrogen and oxygen atoms in total. The lowest BCUT2D eigenvalue weighted by Crippen LogP contribution is -2.43. The van der Waals surface area contributed by atoms with Gasteiger partial charge in [-0.25, -0.2) is 4.98 Å². The number of amides is 1. The summed E-state index contributed by atoms with van der Waals surface area (Å²) in [6, 6.07) is 11.7. The Morgan fingerprint density at radius 2 is 1.97 bits per heavy atom. The van der Waals surface area contributed by atoms with Gasteiger partial charge in [0.25, 0.3) is 5.91 Å². The summed E-state index contributed by atoms with van der Waals surface area (Å²) >= 11 is 9.68. The standard InChI is InChI=1S/C23H26ClN3O2S2/c1-3-30-18-7-5-17(6-8-18)22(28)27(11-10-26-12-14-29-15-13-26)23-25-20-16(2)4-9-19(24)21(20)31-23/h4-9H,3,10-15H2,1-2H3. The summed E-state index contributed by atoms with van der Waals surface area (Å²) in [5, 5.41) is 1.36. The summed E-state index contributed by atoms with van der Waals surface area (Å²) in [4.78, 5) is 23.7. The minimum atomic E-state index is -0.0332. The number of thioether (sulfide) groups is 1. The highest BCUT2D eigenvalue weighted by atomic mass is 35.5. The molecule has 2 aromatic carbocycles. The van der Waals surface area contributed by atoms with Crippen molar-refractivity contribution < 1.29 is 9.53 Å². The number of aromatic nitrogens is 1. The van der Waals surface area contributed by atoms with Crippen molar-refractivity contribution in [2.75, 3.05) is 50.0 Å². The summed E-state index contributed by atoms with van der Waals surface area (Å²) in [6.45, 7) is 8.73. The molecule has 1 aliphatic rings. The molecule has 0 bridgehead atoms. The molecule has 1 aromatic heterocycles. The average Bonchev–Trinajstić information content (AvgIpc) is 3.24. The predicted octanol–water partition coefficient (Wildman–Crippen LogP) is 5.35. The van der Waals surface area contributed by atoms with E-state index < -0.39 is 0 Å². The van der Waals surface area contributed by atoms with E-state index in [-0.39, 0.29) is 5.91 Å². The monoisotopic (exact) mass is 475 g/mol. The third kappa shape index (κ3) is 5.23. The van der Waals surface area contributed by atoms with Gasteiger partial charge in [0.05, 0.1) is 28.5 Å². The van der Waals surface area contributed by atoms with Gasteiger partial charge in [0.15, 0.2) is 5.13 Å². The van der Waals surface area contributed by atoms with Crippen LogP contribution in [0.1, 0.15) is 22.8 Å². The van der Waals surface area contributed by atoms with Crippen molar-refractivity contribution in [1.29, 1.82) is 0 Å². The first-order chi connectivity index (χ1) is 15.1. The van der Waals surface area contributed by atoms with Crippen LogP contribution in [0, 0.1) is 6.92 Å². The molecule has 0 atom stereocenters. The van der Waals surface area contributed by atoms with Gasteiger partial charge in [0.1, 0.15) is 0 Å². The molecule has 2 heterocycles. The van der Waals surface area contributed by atoms with Crippen LogP contribution in [0.3, 0.4) is 0 Å². The molecule has 0 radical (unpaired) electrons. The van der Waals surface area contributed by atoms with Gasteiger partial charge in [-0.3, -0.25) is 14.6 Å². The molecule has 0 saturated carbocycles. The minimum absolute atomic E-state index is 0.0332. The van der Waals surface area contributed by atoms with Crippen LogP contribution in [0.4, 0.5) is 5.13 Å². The van der Waals surface area contributed by atoms with Crippen molar-refractivity contribution in [1.82, 2.24) is 9.88 Å². The topological polar surface area (TPSA) is 45.7 Å². The van der Waals surface area contributed by atoms with E-state index in [1.807, 2.05) is 43.3 Å². The fourth-order valence-corrected chi connectivity index (χ4v) is 5.58. The van der Waals surface area contributed by atoms with Crippen molar-refractivity contribution in [2.24, 2.45) is 0 Å². The molecule has 164 valence electrons. The van der Waals surface area contributed by atoms with Crippen LogP contribution in [-0.2, 0) is 4.74 Å². The molecular weight excluding hydrogens is 450 g/mol. The second-order valence-corrected chi connectivity index (χ2v) is 10.1. The maximum Gasteiger partial charge on any atom is 0.260 e. The molecule has 1 fully saturated rings. The minimum Gasteiger partial charge on any atom is -0.379 e. The number of carbonyl (C=O) groups excluding carboxylic acids is 1. The molecule has 1 aliphatic heterocycles. The first-order valence-electron chi connectivity index (χ1n) is 10.5. The summed E-state index contributed by atoms with van der Waals surface area (Å²) in [7, 11) is 0. The first kappa shape index (κ1) is 22.6. The van der Waals surface area contributed by atoms with Crippen LogP contribution in [0.15, 0.2) is 41.3 Å². The maximum atomic E-state index is 13.5. The predicted molar refractivity (Wildman–Crippen MR) is 131 cm³/mol. The average molecular weight is 476 g/mol. The number of aryl methyl sites for hydroxylation is 1. The van der Waals surface area contributed by atoms with Crippen molar-refractivity contribution in [3.63, 3.8) is 0 Å². The number of ether oxygens (including phenoxy) is 1. The van der Waals surface area contributed by atoms with Gasteiger partial charge in [-0.2, -0.15) is 0 Å². The van der Waals surface area contributed by atoms with Crippen molar-refractivity contribution in [3.8, 4) is 0 Å². The van der Waals surface area contributed by atoms with Crippen molar-refractivity contribution in [3.05, 3.63) is 52.5 Å². The zero-order chi connectivity index (χ0) is 21.8. The molecule has 0 spiro atoms.